The summed E-state index contributed by atoms with van der Waals surface area (Å²) in [7, 11) is 1.65. The van der Waals surface area contributed by atoms with E-state index in [9.17, 15) is 9.59 Å². The molecule has 0 radical (unpaired) electrons. The van der Waals surface area contributed by atoms with Gasteiger partial charge in [-0.15, -0.1) is 6.58 Å². The number of benzene rings is 1. The van der Waals surface area contributed by atoms with Crippen LogP contribution in [0.2, 0.25) is 0 Å². The molecule has 0 fully saturated rings. The van der Waals surface area contributed by atoms with E-state index >= 15 is 0 Å². The van der Waals surface area contributed by atoms with Gasteiger partial charge in [-0.1, -0.05) is 36.4 Å². The normalized spacial score (nSPS) is 11.5. The van der Waals surface area contributed by atoms with Crippen molar-refractivity contribution in [3.05, 3.63) is 81.3 Å². The van der Waals surface area contributed by atoms with Crippen LogP contribution in [0, 0.1) is 6.92 Å². The summed E-state index contributed by atoms with van der Waals surface area (Å²) >= 11 is 0. The number of hydrogen-bond acceptors (Lipinski definition) is 3. The number of allylic oxidation sites excluding steroid dienone is 1. The van der Waals surface area contributed by atoms with Crippen LogP contribution in [0.4, 0.5) is 0 Å². The molecule has 27 heavy (non-hydrogen) atoms. The minimum atomic E-state index is -0.351. The Kier molecular flexibility index (Phi) is 4.07. The van der Waals surface area contributed by atoms with Gasteiger partial charge in [0.15, 0.2) is 11.2 Å². The van der Waals surface area contributed by atoms with E-state index in [-0.39, 0.29) is 11.2 Å². The molecule has 4 aromatic rings. The van der Waals surface area contributed by atoms with Crippen LogP contribution in [0.1, 0.15) is 11.3 Å². The molecule has 3 heterocycles. The van der Waals surface area contributed by atoms with E-state index in [1.54, 1.807) is 17.5 Å². The molecule has 7 nitrogen and oxygen atoms in total. The first-order chi connectivity index (χ1) is 13.0. The van der Waals surface area contributed by atoms with E-state index < -0.39 is 0 Å². The second-order valence-electron chi connectivity index (χ2n) is 6.66. The fourth-order valence-corrected chi connectivity index (χ4v) is 3.49. The molecule has 0 aliphatic rings. The molecule has 138 valence electrons. The molecule has 0 spiro atoms. The highest BCUT2D eigenvalue weighted by molar-refractivity contribution is 5.75. The summed E-state index contributed by atoms with van der Waals surface area (Å²) in [5.41, 5.74) is 2.21. The largest absolute Gasteiger partial charge is 0.332 e. The summed E-state index contributed by atoms with van der Waals surface area (Å²) in [5.74, 6) is 0.635. The summed E-state index contributed by atoms with van der Waals surface area (Å²) in [4.78, 5) is 30.5. The second kappa shape index (κ2) is 6.42. The van der Waals surface area contributed by atoms with Crippen molar-refractivity contribution in [3.8, 4) is 0 Å². The van der Waals surface area contributed by atoms with Crippen molar-refractivity contribution in [1.82, 2.24) is 23.1 Å². The topological polar surface area (TPSA) is 66.2 Å². The molecule has 0 saturated heterocycles. The Bertz CT molecular complexity index is 1270. The van der Waals surface area contributed by atoms with Gasteiger partial charge in [-0.25, -0.2) is 4.79 Å². The zero-order chi connectivity index (χ0) is 19.1. The first kappa shape index (κ1) is 17.1. The van der Waals surface area contributed by atoms with E-state index in [2.05, 4.69) is 11.6 Å². The molecule has 0 atom stereocenters. The highest BCUT2D eigenvalue weighted by Crippen LogP contribution is 2.16. The number of nitrogens with zero attached hydrogens (tertiary/aromatic N) is 5. The maximum Gasteiger partial charge on any atom is 0.332 e. The van der Waals surface area contributed by atoms with E-state index in [0.29, 0.717) is 36.5 Å². The number of aromatic nitrogens is 5. The van der Waals surface area contributed by atoms with Gasteiger partial charge in [0.05, 0.1) is 0 Å². The number of aryl methyl sites for hydroxylation is 3. The lowest BCUT2D eigenvalue weighted by Crippen LogP contribution is -2.39. The van der Waals surface area contributed by atoms with Crippen molar-refractivity contribution in [2.45, 2.75) is 26.4 Å². The Labute approximate surface area is 155 Å². The Morgan fingerprint density at radius 3 is 2.59 bits per heavy atom. The Morgan fingerprint density at radius 1 is 1.15 bits per heavy atom. The first-order valence-corrected chi connectivity index (χ1v) is 8.85. The lowest BCUT2D eigenvalue weighted by molar-refractivity contribution is 0.602. The number of hydrogen-bond donors (Lipinski definition) is 0. The minimum absolute atomic E-state index is 0.313. The third-order valence-corrected chi connectivity index (χ3v) is 4.92. The zero-order valence-corrected chi connectivity index (χ0v) is 15.4. The molecule has 7 heteroatoms. The molecule has 1 aromatic carbocycles. The van der Waals surface area contributed by atoms with Crippen molar-refractivity contribution in [2.75, 3.05) is 0 Å². The van der Waals surface area contributed by atoms with Gasteiger partial charge in [0.25, 0.3) is 5.56 Å². The lowest BCUT2D eigenvalue weighted by atomic mass is 10.1. The zero-order valence-electron chi connectivity index (χ0n) is 15.4. The van der Waals surface area contributed by atoms with Crippen LogP contribution in [0.15, 0.2) is 58.8 Å². The Hall–Kier alpha value is -3.35. The van der Waals surface area contributed by atoms with Gasteiger partial charge >= 0.3 is 5.69 Å². The van der Waals surface area contributed by atoms with E-state index in [4.69, 9.17) is 0 Å². The summed E-state index contributed by atoms with van der Waals surface area (Å²) in [6.45, 7) is 6.64. The maximum absolute atomic E-state index is 13.1. The Morgan fingerprint density at radius 2 is 1.89 bits per heavy atom. The molecule has 0 N–H and O–H groups in total. The van der Waals surface area contributed by atoms with Crippen LogP contribution >= 0.6 is 0 Å². The van der Waals surface area contributed by atoms with Gasteiger partial charge in [-0.05, 0) is 18.9 Å². The van der Waals surface area contributed by atoms with E-state index in [1.807, 2.05) is 48.0 Å². The van der Waals surface area contributed by atoms with Crippen molar-refractivity contribution in [3.63, 3.8) is 0 Å². The van der Waals surface area contributed by atoms with Crippen molar-refractivity contribution >= 4 is 16.9 Å². The predicted octanol–water partition coefficient (Wildman–Crippen LogP) is 1.89. The fourth-order valence-electron chi connectivity index (χ4n) is 3.49. The smallest absolute Gasteiger partial charge is 0.310 e. The quantitative estimate of drug-likeness (QED) is 0.509. The first-order valence-electron chi connectivity index (χ1n) is 8.85. The monoisotopic (exact) mass is 363 g/mol. The third-order valence-electron chi connectivity index (χ3n) is 4.92. The van der Waals surface area contributed by atoms with Crippen LogP contribution in [0.5, 0.6) is 0 Å². The van der Waals surface area contributed by atoms with Crippen LogP contribution in [0.3, 0.4) is 0 Å². The Balaban J connectivity index is 1.92. The summed E-state index contributed by atoms with van der Waals surface area (Å²) < 4.78 is 6.48. The van der Waals surface area contributed by atoms with Gasteiger partial charge in [0.1, 0.15) is 0 Å². The highest BCUT2D eigenvalue weighted by atomic mass is 16.2. The molecular formula is C20H21N5O2. The van der Waals surface area contributed by atoms with Gasteiger partial charge < -0.3 is 4.57 Å². The van der Waals surface area contributed by atoms with Crippen molar-refractivity contribution < 1.29 is 0 Å². The van der Waals surface area contributed by atoms with Crippen molar-refractivity contribution in [2.24, 2.45) is 7.05 Å². The van der Waals surface area contributed by atoms with Crippen LogP contribution in [-0.2, 0) is 26.6 Å². The molecule has 0 aliphatic heterocycles. The van der Waals surface area contributed by atoms with Crippen LogP contribution in [0.25, 0.3) is 16.9 Å². The summed E-state index contributed by atoms with van der Waals surface area (Å²) in [6, 6.07) is 9.82. The van der Waals surface area contributed by atoms with E-state index in [0.717, 1.165) is 11.3 Å². The van der Waals surface area contributed by atoms with E-state index in [1.165, 1.54) is 9.13 Å². The highest BCUT2D eigenvalue weighted by Gasteiger charge is 2.19. The molecule has 0 aliphatic carbocycles. The lowest BCUT2D eigenvalue weighted by Gasteiger charge is -2.08. The van der Waals surface area contributed by atoms with Crippen molar-refractivity contribution in [1.29, 1.82) is 0 Å². The number of rotatable bonds is 5. The molecule has 0 unspecified atom stereocenters. The number of fused-ring (bicyclic) bond motifs is 3. The molecule has 0 saturated carbocycles. The standard InChI is InChI=1S/C20H21N5O2/c1-4-11-23-14(2)13-25-16-17(21-19(23)25)22(3)20(27)24(18(16)26)12-10-15-8-6-5-7-9-15/h4-9,13H,1,10-12H2,2-3H3. The summed E-state index contributed by atoms with van der Waals surface area (Å²) in [5, 5.41) is 0. The molecule has 3 aromatic heterocycles. The maximum atomic E-state index is 13.1. The molecular weight excluding hydrogens is 342 g/mol. The second-order valence-corrected chi connectivity index (χ2v) is 6.66. The number of imidazole rings is 2. The summed E-state index contributed by atoms with van der Waals surface area (Å²) in [6.07, 6.45) is 4.27. The van der Waals surface area contributed by atoms with Gasteiger partial charge in [0, 0.05) is 32.0 Å². The molecule has 4 rings (SSSR count). The molecule has 0 amide bonds. The average molecular weight is 363 g/mol. The van der Waals surface area contributed by atoms with Gasteiger partial charge in [-0.3, -0.25) is 18.3 Å². The predicted molar refractivity (Wildman–Crippen MR) is 105 cm³/mol. The average Bonchev–Trinajstić information content (AvgIpc) is 3.17. The SMILES string of the molecule is C=CCn1c(C)cn2c3c(=O)n(CCc4ccccc4)c(=O)n(C)c3nc12. The fraction of sp³-hybridized carbons (Fsp3) is 0.250. The van der Waals surface area contributed by atoms with Crippen LogP contribution < -0.4 is 11.2 Å². The van der Waals surface area contributed by atoms with Crippen LogP contribution in [-0.4, -0.2) is 23.1 Å². The minimum Gasteiger partial charge on any atom is -0.310 e. The molecule has 0 bridgehead atoms. The van der Waals surface area contributed by atoms with Gasteiger partial charge in [0.2, 0.25) is 5.78 Å². The van der Waals surface area contributed by atoms with Gasteiger partial charge in [-0.2, -0.15) is 4.98 Å². The third kappa shape index (κ3) is 2.63.